The Morgan fingerprint density at radius 2 is 1.59 bits per heavy atom. The maximum atomic E-state index is 12.9. The molecule has 3 aromatic rings. The number of rotatable bonds is 8. The first-order chi connectivity index (χ1) is 16.6. The monoisotopic (exact) mass is 459 g/mol. The van der Waals surface area contributed by atoms with Crippen LogP contribution >= 0.6 is 0 Å². The zero-order valence-corrected chi connectivity index (χ0v) is 19.7. The minimum Gasteiger partial charge on any atom is -0.493 e. The zero-order valence-electron chi connectivity index (χ0n) is 19.7. The molecule has 0 aliphatic carbocycles. The van der Waals surface area contributed by atoms with Gasteiger partial charge in [0.05, 0.1) is 32.7 Å². The third-order valence-electron chi connectivity index (χ3n) is 5.78. The maximum absolute atomic E-state index is 12.9. The smallest absolute Gasteiger partial charge is 0.255 e. The Morgan fingerprint density at radius 1 is 0.912 bits per heavy atom. The summed E-state index contributed by atoms with van der Waals surface area (Å²) in [5.74, 6) is 1.44. The largest absolute Gasteiger partial charge is 0.493 e. The van der Waals surface area contributed by atoms with Crippen molar-refractivity contribution in [2.75, 3.05) is 44.6 Å². The molecule has 1 heterocycles. The van der Waals surface area contributed by atoms with E-state index in [2.05, 4.69) is 15.2 Å². The van der Waals surface area contributed by atoms with Gasteiger partial charge in [0, 0.05) is 36.1 Å². The highest BCUT2D eigenvalue weighted by Crippen LogP contribution is 2.38. The summed E-state index contributed by atoms with van der Waals surface area (Å²) in [6.45, 7) is 2.03. The Labute approximate surface area is 200 Å². The number of carbonyl (C=O) groups is 1. The van der Waals surface area contributed by atoms with Gasteiger partial charge in [-0.2, -0.15) is 0 Å². The SMILES string of the molecule is COc1cc(C=Nc2ccc(N3CCCC3)cc2NC(=O)c2ccccc2)cc(OC)c1OC. The first-order valence-corrected chi connectivity index (χ1v) is 11.2. The lowest BCUT2D eigenvalue weighted by atomic mass is 10.1. The van der Waals surface area contributed by atoms with Crippen molar-refractivity contribution in [1.82, 2.24) is 0 Å². The van der Waals surface area contributed by atoms with E-state index in [1.165, 1.54) is 12.8 Å². The molecule has 0 saturated carbocycles. The van der Waals surface area contributed by atoms with Crippen molar-refractivity contribution in [1.29, 1.82) is 0 Å². The van der Waals surface area contributed by atoms with Gasteiger partial charge in [-0.15, -0.1) is 0 Å². The second kappa shape index (κ2) is 10.7. The van der Waals surface area contributed by atoms with Crippen LogP contribution in [0.2, 0.25) is 0 Å². The highest BCUT2D eigenvalue weighted by atomic mass is 16.5. The fourth-order valence-electron chi connectivity index (χ4n) is 4.01. The Hall–Kier alpha value is -4.00. The van der Waals surface area contributed by atoms with Crippen LogP contribution in [0.15, 0.2) is 65.7 Å². The molecule has 1 amide bonds. The summed E-state index contributed by atoms with van der Waals surface area (Å²) in [5.41, 5.74) is 3.75. The molecular formula is C27H29N3O4. The molecule has 3 aromatic carbocycles. The number of methoxy groups -OCH3 is 3. The van der Waals surface area contributed by atoms with Crippen LogP contribution in [0.5, 0.6) is 17.2 Å². The quantitative estimate of drug-likeness (QED) is 0.462. The molecule has 176 valence electrons. The predicted octanol–water partition coefficient (Wildman–Crippen LogP) is 5.32. The lowest BCUT2D eigenvalue weighted by molar-refractivity contribution is 0.102. The van der Waals surface area contributed by atoms with E-state index in [0.717, 1.165) is 24.3 Å². The molecule has 1 saturated heterocycles. The molecule has 1 fully saturated rings. The summed E-state index contributed by atoms with van der Waals surface area (Å²) in [6, 6.07) is 18.8. The van der Waals surface area contributed by atoms with Crippen molar-refractivity contribution in [3.63, 3.8) is 0 Å². The van der Waals surface area contributed by atoms with E-state index in [1.54, 1.807) is 39.7 Å². The van der Waals surface area contributed by atoms with Crippen molar-refractivity contribution >= 4 is 29.2 Å². The fourth-order valence-corrected chi connectivity index (χ4v) is 4.01. The number of anilines is 2. The number of nitrogens with zero attached hydrogens (tertiary/aromatic N) is 2. The summed E-state index contributed by atoms with van der Waals surface area (Å²) in [7, 11) is 4.72. The molecule has 0 radical (unpaired) electrons. The Balaban J connectivity index is 1.68. The van der Waals surface area contributed by atoms with E-state index in [0.29, 0.717) is 34.2 Å². The van der Waals surface area contributed by atoms with Crippen molar-refractivity contribution in [2.45, 2.75) is 12.8 Å². The van der Waals surface area contributed by atoms with Crippen molar-refractivity contribution < 1.29 is 19.0 Å². The highest BCUT2D eigenvalue weighted by Gasteiger charge is 2.16. The van der Waals surface area contributed by atoms with Gasteiger partial charge in [0.15, 0.2) is 11.5 Å². The molecule has 0 unspecified atom stereocenters. The van der Waals surface area contributed by atoms with Crippen molar-refractivity contribution in [3.05, 3.63) is 71.8 Å². The minimum absolute atomic E-state index is 0.177. The van der Waals surface area contributed by atoms with E-state index >= 15 is 0 Å². The third kappa shape index (κ3) is 5.14. The average Bonchev–Trinajstić information content (AvgIpc) is 3.42. The number of hydrogen-bond acceptors (Lipinski definition) is 6. The summed E-state index contributed by atoms with van der Waals surface area (Å²) in [5, 5.41) is 3.04. The van der Waals surface area contributed by atoms with Crippen LogP contribution < -0.4 is 24.4 Å². The lowest BCUT2D eigenvalue weighted by Gasteiger charge is -2.19. The average molecular weight is 460 g/mol. The zero-order chi connectivity index (χ0) is 23.9. The topological polar surface area (TPSA) is 72.4 Å². The maximum Gasteiger partial charge on any atom is 0.255 e. The van der Waals surface area contributed by atoms with E-state index in [9.17, 15) is 4.79 Å². The van der Waals surface area contributed by atoms with Gasteiger partial charge in [-0.05, 0) is 55.3 Å². The molecule has 0 spiro atoms. The highest BCUT2D eigenvalue weighted by molar-refractivity contribution is 6.06. The van der Waals surface area contributed by atoms with Gasteiger partial charge in [-0.3, -0.25) is 9.79 Å². The van der Waals surface area contributed by atoms with Crippen molar-refractivity contribution in [3.8, 4) is 17.2 Å². The summed E-state index contributed by atoms with van der Waals surface area (Å²) in [4.78, 5) is 19.9. The summed E-state index contributed by atoms with van der Waals surface area (Å²) >= 11 is 0. The van der Waals surface area contributed by atoms with Crippen LogP contribution in [0, 0.1) is 0 Å². The third-order valence-corrected chi connectivity index (χ3v) is 5.78. The van der Waals surface area contributed by atoms with Crippen molar-refractivity contribution in [2.24, 2.45) is 4.99 Å². The van der Waals surface area contributed by atoms with Gasteiger partial charge in [0.2, 0.25) is 5.75 Å². The van der Waals surface area contributed by atoms with Crippen LogP contribution in [-0.2, 0) is 0 Å². The molecule has 0 atom stereocenters. The molecular weight excluding hydrogens is 430 g/mol. The number of benzene rings is 3. The second-order valence-corrected chi connectivity index (χ2v) is 7.93. The van der Waals surface area contributed by atoms with Gasteiger partial charge in [0.25, 0.3) is 5.91 Å². The summed E-state index contributed by atoms with van der Waals surface area (Å²) in [6.07, 6.45) is 4.06. The van der Waals surface area contributed by atoms with Gasteiger partial charge in [0.1, 0.15) is 0 Å². The molecule has 1 aliphatic heterocycles. The van der Waals surface area contributed by atoms with E-state index in [-0.39, 0.29) is 5.91 Å². The Morgan fingerprint density at radius 3 is 2.21 bits per heavy atom. The number of ether oxygens (including phenoxy) is 3. The minimum atomic E-state index is -0.177. The summed E-state index contributed by atoms with van der Waals surface area (Å²) < 4.78 is 16.3. The Kier molecular flexibility index (Phi) is 7.32. The first-order valence-electron chi connectivity index (χ1n) is 11.2. The number of hydrogen-bond donors (Lipinski definition) is 1. The number of aliphatic imine (C=N–C) groups is 1. The molecule has 7 nitrogen and oxygen atoms in total. The molecule has 1 N–H and O–H groups in total. The van der Waals surface area contributed by atoms with Crippen LogP contribution in [0.3, 0.4) is 0 Å². The van der Waals surface area contributed by atoms with Crippen LogP contribution in [0.25, 0.3) is 0 Å². The second-order valence-electron chi connectivity index (χ2n) is 7.93. The molecule has 4 rings (SSSR count). The molecule has 0 aromatic heterocycles. The van der Waals surface area contributed by atoms with Gasteiger partial charge in [-0.25, -0.2) is 0 Å². The molecule has 7 heteroatoms. The molecule has 0 bridgehead atoms. The number of nitrogens with one attached hydrogen (secondary N) is 1. The fraction of sp³-hybridized carbons (Fsp3) is 0.259. The number of carbonyl (C=O) groups excluding carboxylic acids is 1. The van der Waals surface area contributed by atoms with E-state index < -0.39 is 0 Å². The number of amides is 1. The molecule has 34 heavy (non-hydrogen) atoms. The Bertz CT molecular complexity index is 1150. The van der Waals surface area contributed by atoms with E-state index in [1.807, 2.05) is 48.5 Å². The van der Waals surface area contributed by atoms with Gasteiger partial charge in [-0.1, -0.05) is 18.2 Å². The lowest BCUT2D eigenvalue weighted by Crippen LogP contribution is -2.18. The van der Waals surface area contributed by atoms with Gasteiger partial charge < -0.3 is 24.4 Å². The first kappa shape index (κ1) is 23.2. The normalized spacial score (nSPS) is 13.2. The molecule has 1 aliphatic rings. The standard InChI is InChI=1S/C27H29N3O4/c1-32-24-15-19(16-25(33-2)26(24)34-3)18-28-22-12-11-21(30-13-7-8-14-30)17-23(22)29-27(31)20-9-5-4-6-10-20/h4-6,9-12,15-18H,7-8,13-14H2,1-3H3,(H,29,31). The van der Waals surface area contributed by atoms with E-state index in [4.69, 9.17) is 14.2 Å². The predicted molar refractivity (Wildman–Crippen MR) is 136 cm³/mol. The van der Waals surface area contributed by atoms with Crippen LogP contribution in [0.1, 0.15) is 28.8 Å². The van der Waals surface area contributed by atoms with Crippen LogP contribution in [-0.4, -0.2) is 46.5 Å². The van der Waals surface area contributed by atoms with Crippen LogP contribution in [0.4, 0.5) is 17.1 Å². The van der Waals surface area contributed by atoms with Gasteiger partial charge >= 0.3 is 0 Å².